The fourth-order valence-corrected chi connectivity index (χ4v) is 9.21. The summed E-state index contributed by atoms with van der Waals surface area (Å²) in [5, 5.41) is 6.59. The zero-order chi connectivity index (χ0) is 41.9. The summed E-state index contributed by atoms with van der Waals surface area (Å²) in [7, 11) is 0.795. The van der Waals surface area contributed by atoms with Gasteiger partial charge in [0, 0.05) is 25.8 Å². The molecule has 0 spiro atoms. The second kappa shape index (κ2) is 18.9. The Morgan fingerprint density at radius 3 is 1.38 bits per heavy atom. The molecule has 0 nitrogen and oxygen atoms in total. The second-order valence-corrected chi connectivity index (χ2v) is 17.0. The molecule has 0 aliphatic carbocycles. The topological polar surface area (TPSA) is 0 Å². The van der Waals surface area contributed by atoms with Gasteiger partial charge in [0.05, 0.1) is 20.6 Å². The van der Waals surface area contributed by atoms with Gasteiger partial charge in [0.2, 0.25) is 0 Å². The van der Waals surface area contributed by atoms with Crippen LogP contribution in [0.15, 0.2) is 152 Å². The van der Waals surface area contributed by atoms with Crippen LogP contribution in [0.3, 0.4) is 0 Å². The minimum Gasteiger partial charge on any atom is -0.184 e. The third-order valence-corrected chi connectivity index (χ3v) is 11.7. The molecule has 0 fully saturated rings. The summed E-state index contributed by atoms with van der Waals surface area (Å²) in [5.74, 6) is 1.02. The number of rotatable bonds is 6. The number of benzene rings is 6. The molecule has 0 aromatic heterocycles. The Kier molecular flexibility index (Phi) is 14.1. The Morgan fingerprint density at radius 1 is 0.500 bits per heavy atom. The quantitative estimate of drug-likeness (QED) is 0.0885. The average molecular weight is 988 g/mol. The molecule has 0 unspecified atom stereocenters. The van der Waals surface area contributed by atoms with Gasteiger partial charge in [0.1, 0.15) is 0 Å². The number of alkyl halides is 6. The van der Waals surface area contributed by atoms with Gasteiger partial charge >= 0.3 is 12.4 Å². The van der Waals surface area contributed by atoms with Gasteiger partial charge in [0.25, 0.3) is 0 Å². The van der Waals surface area contributed by atoms with Gasteiger partial charge in [-0.05, 0) is 47.9 Å². The first-order valence-electron chi connectivity index (χ1n) is 19.7. The maximum atomic E-state index is 13.3. The van der Waals surface area contributed by atoms with Gasteiger partial charge in [-0.25, -0.2) is 0 Å². The second-order valence-electron chi connectivity index (χ2n) is 15.8. The molecule has 0 amide bonds. The van der Waals surface area contributed by atoms with E-state index in [-0.39, 0.29) is 37.0 Å². The average Bonchev–Trinajstić information content (AvgIpc) is 3.91. The Morgan fingerprint density at radius 2 is 0.917 bits per heavy atom. The van der Waals surface area contributed by atoms with Crippen molar-refractivity contribution in [2.45, 2.75) is 52.9 Å². The fraction of sp³-hybridized carbons (Fsp3) is 0.192. The van der Waals surface area contributed by atoms with Crippen LogP contribution in [0.25, 0.3) is 54.9 Å². The largest absolute Gasteiger partial charge is 0.416 e. The molecule has 0 N–H and O–H groups in total. The first-order chi connectivity index (χ1) is 28.2. The molecule has 1 heterocycles. The molecular formula is C52H43F6HfSi-3. The minimum absolute atomic E-state index is 0. The van der Waals surface area contributed by atoms with E-state index in [1.807, 2.05) is 42.5 Å². The number of halogens is 6. The summed E-state index contributed by atoms with van der Waals surface area (Å²) in [6, 6.07) is 49.0. The molecule has 0 saturated carbocycles. The summed E-state index contributed by atoms with van der Waals surface area (Å²) in [6.45, 7) is 8.55. The molecule has 2 radical (unpaired) electrons. The number of hydrogen-bond acceptors (Lipinski definition) is 0. The monoisotopic (exact) mass is 989 g/mol. The van der Waals surface area contributed by atoms with E-state index < -0.39 is 23.5 Å². The van der Waals surface area contributed by atoms with Crippen LogP contribution in [0, 0.1) is 17.9 Å². The molecule has 0 bridgehead atoms. The standard InChI is InChI=1S/2C20H18F3.C12H7Si.Hf/c2*1-13(2)10-14-11-15-6-5-8-16(18(15)12-14)17-7-3-4-9-19(17)20(21,22)23;1-3-7-11-9(5-1)10-6-2-4-8-12(10)13-11;/h2*3-9,11-13H,10H2,1-2H3;1-7H;/q3*-1;. The van der Waals surface area contributed by atoms with E-state index in [9.17, 15) is 26.3 Å². The van der Waals surface area contributed by atoms with Gasteiger partial charge in [0.15, 0.2) is 0 Å². The first-order valence-corrected chi connectivity index (χ1v) is 20.7. The maximum Gasteiger partial charge on any atom is 0.416 e. The third-order valence-electron chi connectivity index (χ3n) is 10.3. The summed E-state index contributed by atoms with van der Waals surface area (Å²) >= 11 is 0. The smallest absolute Gasteiger partial charge is 0.184 e. The normalized spacial score (nSPS) is 12.1. The predicted octanol–water partition coefficient (Wildman–Crippen LogP) is 14.0. The van der Waals surface area contributed by atoms with E-state index in [0.717, 1.165) is 56.0 Å². The molecule has 9 rings (SSSR count). The van der Waals surface area contributed by atoms with Crippen LogP contribution in [0.4, 0.5) is 26.3 Å². The number of fused-ring (bicyclic) bond motifs is 5. The molecule has 8 aromatic carbocycles. The predicted molar refractivity (Wildman–Crippen MR) is 233 cm³/mol. The maximum absolute atomic E-state index is 13.3. The van der Waals surface area contributed by atoms with Crippen molar-refractivity contribution < 1.29 is 52.2 Å². The molecule has 0 saturated heterocycles. The van der Waals surface area contributed by atoms with Gasteiger partial charge in [-0.3, -0.25) is 0 Å². The van der Waals surface area contributed by atoms with Crippen molar-refractivity contribution in [1.29, 1.82) is 0 Å². The van der Waals surface area contributed by atoms with Gasteiger partial charge in [-0.15, -0.1) is 74.6 Å². The SMILES string of the molecule is CC(C)Cc1cc2c(-c3ccccc3C(F)(F)F)cccc2[cH-]1.CC(C)Cc1cc2c(-c3ccccc3C(F)(F)F)cccc2[cH-]1.[Hf].[c-]1cccc2c1[Si]c1ccccc1-2. The Bertz CT molecular complexity index is 2510. The van der Waals surface area contributed by atoms with Crippen LogP contribution in [0.1, 0.15) is 49.9 Å². The van der Waals surface area contributed by atoms with E-state index in [0.29, 0.717) is 23.0 Å². The minimum atomic E-state index is -4.36. The van der Waals surface area contributed by atoms with Crippen LogP contribution in [0.2, 0.25) is 0 Å². The van der Waals surface area contributed by atoms with Crippen LogP contribution < -0.4 is 10.4 Å². The molecular weight excluding hydrogens is 945 g/mol. The van der Waals surface area contributed by atoms with E-state index in [4.69, 9.17) is 0 Å². The third kappa shape index (κ3) is 10.2. The van der Waals surface area contributed by atoms with E-state index in [2.05, 4.69) is 82.3 Å². The molecule has 304 valence electrons. The van der Waals surface area contributed by atoms with Crippen molar-refractivity contribution >= 4 is 41.4 Å². The van der Waals surface area contributed by atoms with E-state index in [1.165, 1.54) is 44.8 Å². The number of hydrogen-bond donors (Lipinski definition) is 0. The Hall–Kier alpha value is -4.79. The summed E-state index contributed by atoms with van der Waals surface area (Å²) in [4.78, 5) is 0. The zero-order valence-corrected chi connectivity index (χ0v) is 38.4. The van der Waals surface area contributed by atoms with Gasteiger partial charge in [-0.1, -0.05) is 122 Å². The van der Waals surface area contributed by atoms with Crippen molar-refractivity contribution in [2.24, 2.45) is 11.8 Å². The van der Waals surface area contributed by atoms with Crippen LogP contribution in [-0.2, 0) is 51.0 Å². The van der Waals surface area contributed by atoms with Crippen molar-refractivity contribution in [3.05, 3.63) is 180 Å². The molecule has 0 atom stereocenters. The van der Waals surface area contributed by atoms with Crippen molar-refractivity contribution in [2.75, 3.05) is 0 Å². The first kappa shape index (κ1) is 44.8. The fourth-order valence-electron chi connectivity index (χ4n) is 7.90. The molecule has 60 heavy (non-hydrogen) atoms. The van der Waals surface area contributed by atoms with E-state index >= 15 is 0 Å². The summed E-state index contributed by atoms with van der Waals surface area (Å²) in [5.41, 5.74) is 5.72. The van der Waals surface area contributed by atoms with Crippen LogP contribution in [-0.4, -0.2) is 9.52 Å². The molecule has 8 heteroatoms. The van der Waals surface area contributed by atoms with Crippen molar-refractivity contribution in [3.63, 3.8) is 0 Å². The summed E-state index contributed by atoms with van der Waals surface area (Å²) in [6.07, 6.45) is -6.86. The van der Waals surface area contributed by atoms with Crippen LogP contribution in [0.5, 0.6) is 0 Å². The molecule has 1 aliphatic rings. The molecule has 1 aliphatic heterocycles. The molecule has 8 aromatic rings. The van der Waals surface area contributed by atoms with Gasteiger partial charge in [-0.2, -0.15) is 67.9 Å². The van der Waals surface area contributed by atoms with Crippen LogP contribution >= 0.6 is 0 Å². The van der Waals surface area contributed by atoms with E-state index in [1.54, 1.807) is 36.4 Å². The van der Waals surface area contributed by atoms with Crippen molar-refractivity contribution in [1.82, 2.24) is 0 Å². The zero-order valence-electron chi connectivity index (χ0n) is 33.8. The summed E-state index contributed by atoms with van der Waals surface area (Å²) < 4.78 is 79.9. The van der Waals surface area contributed by atoms with Crippen molar-refractivity contribution in [3.8, 4) is 33.4 Å². The Labute approximate surface area is 369 Å². The Balaban J connectivity index is 0.000000155. The van der Waals surface area contributed by atoms with Gasteiger partial charge < -0.3 is 0 Å².